The second-order valence-electron chi connectivity index (χ2n) is 3.95. The molecule has 0 bridgehead atoms. The van der Waals surface area contributed by atoms with Crippen LogP contribution in [0.3, 0.4) is 0 Å². The van der Waals surface area contributed by atoms with E-state index in [1.165, 1.54) is 0 Å². The number of methoxy groups -OCH3 is 1. The molecule has 0 aliphatic carbocycles. The fraction of sp³-hybridized carbons (Fsp3) is 0.462. The lowest BCUT2D eigenvalue weighted by molar-refractivity contribution is -0.123. The molecule has 1 aromatic rings. The van der Waals surface area contributed by atoms with Crippen molar-refractivity contribution in [3.8, 4) is 5.75 Å². The average Bonchev–Trinajstić information content (AvgIpc) is 2.41. The highest BCUT2D eigenvalue weighted by Crippen LogP contribution is 2.17. The lowest BCUT2D eigenvalue weighted by Gasteiger charge is -2.12. The third-order valence-electron chi connectivity index (χ3n) is 2.50. The second kappa shape index (κ2) is 10.9. The molecule has 1 atom stereocenters. The van der Waals surface area contributed by atoms with Crippen molar-refractivity contribution >= 4 is 34.2 Å². The van der Waals surface area contributed by atoms with Crippen LogP contribution in [0.5, 0.6) is 5.75 Å². The van der Waals surface area contributed by atoms with Crippen molar-refractivity contribution in [2.45, 2.75) is 12.5 Å². The van der Waals surface area contributed by atoms with Crippen LogP contribution in [0.4, 0.5) is 0 Å². The van der Waals surface area contributed by atoms with E-state index >= 15 is 0 Å². The van der Waals surface area contributed by atoms with Crippen molar-refractivity contribution in [2.24, 2.45) is 5.73 Å². The topological polar surface area (TPSA) is 73.6 Å². The minimum atomic E-state index is -0.231. The Hall–Kier alpha value is -0.820. The molecule has 0 spiro atoms. The van der Waals surface area contributed by atoms with E-state index in [4.69, 9.17) is 15.2 Å². The summed E-state index contributed by atoms with van der Waals surface area (Å²) in [5, 5.41) is 2.76. The van der Waals surface area contributed by atoms with Gasteiger partial charge in [-0.3, -0.25) is 4.79 Å². The van der Waals surface area contributed by atoms with Crippen LogP contribution in [0.15, 0.2) is 28.7 Å². The van der Waals surface area contributed by atoms with Crippen LogP contribution in [-0.2, 0) is 9.53 Å². The Morgan fingerprint density at radius 1 is 1.50 bits per heavy atom. The number of hydrogen-bond donors (Lipinski definition) is 2. The van der Waals surface area contributed by atoms with E-state index in [2.05, 4.69) is 21.2 Å². The van der Waals surface area contributed by atoms with Gasteiger partial charge in [0.1, 0.15) is 12.4 Å². The highest BCUT2D eigenvalue weighted by molar-refractivity contribution is 9.10. The standard InChI is InChI=1S/C13H19BrN2O3.ClH/c1-18-12(9-15)8-13(17)16-5-6-19-11-4-2-3-10(14)7-11;/h2-4,7,12H,5-6,8-9,15H2,1H3,(H,16,17);1H. The molecule has 3 N–H and O–H groups in total. The molecule has 5 nitrogen and oxygen atoms in total. The molecule has 0 saturated carbocycles. The maximum Gasteiger partial charge on any atom is 0.222 e. The van der Waals surface area contributed by atoms with Crippen molar-refractivity contribution in [2.75, 3.05) is 26.8 Å². The van der Waals surface area contributed by atoms with E-state index in [-0.39, 0.29) is 30.8 Å². The van der Waals surface area contributed by atoms with E-state index in [1.807, 2.05) is 24.3 Å². The molecule has 0 saturated heterocycles. The van der Waals surface area contributed by atoms with Crippen molar-refractivity contribution in [1.82, 2.24) is 5.32 Å². The van der Waals surface area contributed by atoms with Gasteiger partial charge in [-0.15, -0.1) is 12.4 Å². The van der Waals surface area contributed by atoms with Gasteiger partial charge in [0, 0.05) is 18.1 Å². The maximum absolute atomic E-state index is 11.5. The Bertz CT molecular complexity index is 403. The lowest BCUT2D eigenvalue weighted by Crippen LogP contribution is -2.34. The summed E-state index contributed by atoms with van der Waals surface area (Å²) < 4.78 is 11.5. The van der Waals surface area contributed by atoms with Gasteiger partial charge in [-0.05, 0) is 18.2 Å². The van der Waals surface area contributed by atoms with Gasteiger partial charge in [-0.1, -0.05) is 22.0 Å². The van der Waals surface area contributed by atoms with E-state index in [0.29, 0.717) is 19.7 Å². The molecule has 20 heavy (non-hydrogen) atoms. The maximum atomic E-state index is 11.5. The van der Waals surface area contributed by atoms with Crippen LogP contribution in [0, 0.1) is 0 Å². The normalized spacial score (nSPS) is 11.3. The summed E-state index contributed by atoms with van der Waals surface area (Å²) in [5.74, 6) is 0.676. The Morgan fingerprint density at radius 2 is 2.25 bits per heavy atom. The monoisotopic (exact) mass is 366 g/mol. The van der Waals surface area contributed by atoms with Crippen molar-refractivity contribution < 1.29 is 14.3 Å². The third-order valence-corrected chi connectivity index (χ3v) is 2.99. The first kappa shape index (κ1) is 19.2. The van der Waals surface area contributed by atoms with Crippen LogP contribution in [0.2, 0.25) is 0 Å². The summed E-state index contributed by atoms with van der Waals surface area (Å²) in [6.45, 7) is 1.20. The molecule has 0 aromatic heterocycles. The first-order valence-electron chi connectivity index (χ1n) is 6.03. The van der Waals surface area contributed by atoms with E-state index in [0.717, 1.165) is 10.2 Å². The van der Waals surface area contributed by atoms with Crippen LogP contribution in [-0.4, -0.2) is 38.8 Å². The lowest BCUT2D eigenvalue weighted by atomic mass is 10.2. The summed E-state index contributed by atoms with van der Waals surface area (Å²) in [7, 11) is 1.54. The number of rotatable bonds is 8. The molecule has 0 radical (unpaired) electrons. The largest absolute Gasteiger partial charge is 0.492 e. The number of carbonyl (C=O) groups excluding carboxylic acids is 1. The zero-order valence-electron chi connectivity index (χ0n) is 11.3. The molecule has 1 aromatic carbocycles. The Labute approximate surface area is 133 Å². The molecule has 0 fully saturated rings. The van der Waals surface area contributed by atoms with Crippen LogP contribution in [0.25, 0.3) is 0 Å². The first-order chi connectivity index (χ1) is 9.15. The first-order valence-corrected chi connectivity index (χ1v) is 6.83. The van der Waals surface area contributed by atoms with Crippen LogP contribution in [0.1, 0.15) is 6.42 Å². The summed E-state index contributed by atoms with van der Waals surface area (Å²) in [5.41, 5.74) is 5.44. The quantitative estimate of drug-likeness (QED) is 0.686. The fourth-order valence-electron chi connectivity index (χ4n) is 1.46. The molecule has 0 heterocycles. The van der Waals surface area contributed by atoms with Gasteiger partial charge < -0.3 is 20.5 Å². The van der Waals surface area contributed by atoms with Gasteiger partial charge in [0.15, 0.2) is 0 Å². The second-order valence-corrected chi connectivity index (χ2v) is 4.87. The van der Waals surface area contributed by atoms with Gasteiger partial charge in [-0.25, -0.2) is 0 Å². The van der Waals surface area contributed by atoms with Gasteiger partial charge >= 0.3 is 0 Å². The molecule has 1 amide bonds. The zero-order valence-corrected chi connectivity index (χ0v) is 13.7. The highest BCUT2D eigenvalue weighted by Gasteiger charge is 2.10. The SMILES string of the molecule is COC(CN)CC(=O)NCCOc1cccc(Br)c1.Cl. The van der Waals surface area contributed by atoms with E-state index in [1.54, 1.807) is 7.11 Å². The Balaban J connectivity index is 0.00000361. The number of amides is 1. The molecular formula is C13H20BrClN2O3. The molecule has 7 heteroatoms. The minimum absolute atomic E-state index is 0. The fourth-order valence-corrected chi connectivity index (χ4v) is 1.84. The molecule has 0 aliphatic rings. The number of halogens is 2. The van der Waals surface area contributed by atoms with Gasteiger partial charge in [0.05, 0.1) is 19.1 Å². The van der Waals surface area contributed by atoms with E-state index in [9.17, 15) is 4.79 Å². The molecule has 1 rings (SSSR count). The summed E-state index contributed by atoms with van der Waals surface area (Å²) >= 11 is 3.36. The predicted octanol–water partition coefficient (Wildman–Crippen LogP) is 1.73. The average molecular weight is 368 g/mol. The van der Waals surface area contributed by atoms with Gasteiger partial charge in [0.2, 0.25) is 5.91 Å². The molecule has 1 unspecified atom stereocenters. The molecular weight excluding hydrogens is 348 g/mol. The number of hydrogen-bond acceptors (Lipinski definition) is 4. The van der Waals surface area contributed by atoms with Crippen LogP contribution >= 0.6 is 28.3 Å². The summed E-state index contributed by atoms with van der Waals surface area (Å²) in [6.07, 6.45) is 0.0372. The third kappa shape index (κ3) is 7.69. The number of benzene rings is 1. The predicted molar refractivity (Wildman–Crippen MR) is 84.4 cm³/mol. The number of nitrogens with two attached hydrogens (primary N) is 1. The van der Waals surface area contributed by atoms with Crippen molar-refractivity contribution in [1.29, 1.82) is 0 Å². The number of carbonyl (C=O) groups is 1. The van der Waals surface area contributed by atoms with Crippen molar-refractivity contribution in [3.05, 3.63) is 28.7 Å². The summed E-state index contributed by atoms with van der Waals surface area (Å²) in [4.78, 5) is 11.5. The Morgan fingerprint density at radius 3 is 2.85 bits per heavy atom. The molecule has 0 aliphatic heterocycles. The van der Waals surface area contributed by atoms with Gasteiger partial charge in [0.25, 0.3) is 0 Å². The van der Waals surface area contributed by atoms with E-state index < -0.39 is 0 Å². The van der Waals surface area contributed by atoms with Crippen molar-refractivity contribution in [3.63, 3.8) is 0 Å². The highest BCUT2D eigenvalue weighted by atomic mass is 79.9. The number of ether oxygens (including phenoxy) is 2. The summed E-state index contributed by atoms with van der Waals surface area (Å²) in [6, 6.07) is 7.55. The number of nitrogens with one attached hydrogen (secondary N) is 1. The zero-order chi connectivity index (χ0) is 14.1. The van der Waals surface area contributed by atoms with Crippen LogP contribution < -0.4 is 15.8 Å². The Kier molecular flexibility index (Phi) is 10.5. The minimum Gasteiger partial charge on any atom is -0.492 e. The molecule has 114 valence electrons. The van der Waals surface area contributed by atoms with Gasteiger partial charge in [-0.2, -0.15) is 0 Å². The smallest absolute Gasteiger partial charge is 0.222 e.